The summed E-state index contributed by atoms with van der Waals surface area (Å²) in [6.45, 7) is 6.59. The molecule has 0 aliphatic carbocycles. The van der Waals surface area contributed by atoms with Crippen molar-refractivity contribution in [3.05, 3.63) is 23.3 Å². The van der Waals surface area contributed by atoms with E-state index in [-0.39, 0.29) is 71.3 Å². The monoisotopic (exact) mass is 603 g/mol. The van der Waals surface area contributed by atoms with E-state index in [0.717, 1.165) is 56.4 Å². The number of amides is 1. The topological polar surface area (TPSA) is 196 Å². The number of hydrogen-bond donors (Lipinski definition) is 3. The van der Waals surface area contributed by atoms with Crippen molar-refractivity contribution >= 4 is 40.6 Å². The number of fused-ring (bicyclic) bond motifs is 1. The van der Waals surface area contributed by atoms with Crippen molar-refractivity contribution < 1.29 is 39.1 Å². The van der Waals surface area contributed by atoms with Crippen molar-refractivity contribution in [1.29, 1.82) is 0 Å². The van der Waals surface area contributed by atoms with E-state index in [2.05, 4.69) is 4.90 Å². The number of sulfone groups is 1. The van der Waals surface area contributed by atoms with Crippen LogP contribution in [0.5, 0.6) is 11.5 Å². The fraction of sp³-hybridized carbons (Fsp3) is 0.708. The quantitative estimate of drug-likeness (QED) is 0.299. The fourth-order valence-electron chi connectivity index (χ4n) is 5.44. The SMILES string of the molecule is CC1(C)C(=O)N(CCCCN2CCC(C3Cc4c(ccc(O)c4O)C(CN)O3)CC2)CS1(=O)=O.Cl.Cl.O.O. The van der Waals surface area contributed by atoms with Crippen LogP contribution in [0.2, 0.25) is 0 Å². The largest absolute Gasteiger partial charge is 0.504 e. The Hall–Kier alpha value is -1.38. The minimum atomic E-state index is -3.41. The molecule has 14 heteroatoms. The second kappa shape index (κ2) is 14.3. The predicted molar refractivity (Wildman–Crippen MR) is 150 cm³/mol. The Bertz CT molecular complexity index is 1040. The number of halogens is 2. The molecule has 222 valence electrons. The van der Waals surface area contributed by atoms with Crippen molar-refractivity contribution in [3.8, 4) is 11.5 Å². The molecule has 11 nitrogen and oxygen atoms in total. The Kier molecular flexibility index (Phi) is 13.8. The lowest BCUT2D eigenvalue weighted by Crippen LogP contribution is -2.42. The van der Waals surface area contributed by atoms with E-state index in [1.807, 2.05) is 0 Å². The summed E-state index contributed by atoms with van der Waals surface area (Å²) in [4.78, 5) is 16.3. The van der Waals surface area contributed by atoms with Gasteiger partial charge in [0, 0.05) is 25.1 Å². The standard InChI is InChI=1S/C24H37N3O6S.2ClH.2H2O/c1-24(2)23(30)27(15-34(24,31)32)10-4-3-9-26-11-7-16(8-12-26)20-13-18-17(21(14-25)33-20)5-6-19(28)22(18)29;;;;/h5-6,16,20-21,28-29H,3-4,7-15,25H2,1-2H3;2*1H;2*1H2. The highest BCUT2D eigenvalue weighted by Gasteiger charge is 2.51. The maximum atomic E-state index is 12.4. The van der Waals surface area contributed by atoms with Gasteiger partial charge < -0.3 is 41.4 Å². The highest BCUT2D eigenvalue weighted by atomic mass is 35.5. The summed E-state index contributed by atoms with van der Waals surface area (Å²) in [5, 5.41) is 20.3. The minimum Gasteiger partial charge on any atom is -0.504 e. The first-order chi connectivity index (χ1) is 16.0. The predicted octanol–water partition coefficient (Wildman–Crippen LogP) is 0.718. The van der Waals surface area contributed by atoms with Gasteiger partial charge in [-0.2, -0.15) is 0 Å². The highest BCUT2D eigenvalue weighted by Crippen LogP contribution is 2.42. The van der Waals surface area contributed by atoms with Gasteiger partial charge in [-0.1, -0.05) is 6.07 Å². The molecule has 1 amide bonds. The first kappa shape index (κ1) is 36.6. The molecule has 3 aliphatic heterocycles. The minimum absolute atomic E-state index is 0. The number of rotatable bonds is 7. The second-order valence-corrected chi connectivity index (χ2v) is 12.8. The van der Waals surface area contributed by atoms with Gasteiger partial charge >= 0.3 is 0 Å². The molecule has 3 aliphatic rings. The first-order valence-electron chi connectivity index (χ1n) is 12.2. The number of likely N-dealkylation sites (tertiary alicyclic amines) is 1. The zero-order valence-electron chi connectivity index (χ0n) is 21.9. The number of hydrogen-bond acceptors (Lipinski definition) is 8. The van der Waals surface area contributed by atoms with Gasteiger partial charge in [-0.3, -0.25) is 4.79 Å². The zero-order valence-corrected chi connectivity index (χ0v) is 24.3. The van der Waals surface area contributed by atoms with Gasteiger partial charge in [0.15, 0.2) is 21.3 Å². The molecular weight excluding hydrogens is 561 g/mol. The maximum absolute atomic E-state index is 12.4. The van der Waals surface area contributed by atoms with Gasteiger partial charge in [0.25, 0.3) is 0 Å². The molecule has 4 rings (SSSR count). The van der Waals surface area contributed by atoms with E-state index in [0.29, 0.717) is 25.4 Å². The Morgan fingerprint density at radius 3 is 2.24 bits per heavy atom. The van der Waals surface area contributed by atoms with Crippen LogP contribution in [0.1, 0.15) is 56.8 Å². The lowest BCUT2D eigenvalue weighted by molar-refractivity contribution is -0.130. The molecule has 3 heterocycles. The normalized spacial score (nSPS) is 24.3. The third-order valence-corrected chi connectivity index (χ3v) is 10.2. The number of phenolic OH excluding ortho intramolecular Hbond substituents is 2. The van der Waals surface area contributed by atoms with Crippen LogP contribution in [-0.4, -0.2) is 94.7 Å². The summed E-state index contributed by atoms with van der Waals surface area (Å²) in [5.41, 5.74) is 7.54. The Balaban J connectivity index is 0.00000342. The molecule has 2 atom stereocenters. The van der Waals surface area contributed by atoms with E-state index >= 15 is 0 Å². The number of nitrogens with zero attached hydrogens (tertiary/aromatic N) is 2. The van der Waals surface area contributed by atoms with Gasteiger partial charge in [0.05, 0.1) is 12.2 Å². The van der Waals surface area contributed by atoms with Crippen molar-refractivity contribution in [2.24, 2.45) is 11.7 Å². The number of carbonyl (C=O) groups excluding carboxylic acids is 1. The van der Waals surface area contributed by atoms with Crippen LogP contribution in [0.25, 0.3) is 0 Å². The van der Waals surface area contributed by atoms with E-state index in [1.54, 1.807) is 6.07 Å². The Labute approximate surface area is 237 Å². The summed E-state index contributed by atoms with van der Waals surface area (Å²) in [5.74, 6) is -0.283. The lowest BCUT2D eigenvalue weighted by Gasteiger charge is -2.40. The summed E-state index contributed by atoms with van der Waals surface area (Å²) >= 11 is 0. The smallest absolute Gasteiger partial charge is 0.244 e. The molecule has 8 N–H and O–H groups in total. The first-order valence-corrected chi connectivity index (χ1v) is 13.8. The molecule has 0 saturated carbocycles. The number of ether oxygens (including phenoxy) is 1. The van der Waals surface area contributed by atoms with Crippen LogP contribution in [0, 0.1) is 5.92 Å². The van der Waals surface area contributed by atoms with Crippen LogP contribution in [0.15, 0.2) is 12.1 Å². The molecule has 0 bridgehead atoms. The third-order valence-electron chi connectivity index (χ3n) is 7.82. The van der Waals surface area contributed by atoms with E-state index in [4.69, 9.17) is 10.5 Å². The van der Waals surface area contributed by atoms with E-state index < -0.39 is 14.6 Å². The molecule has 2 unspecified atom stereocenters. The summed E-state index contributed by atoms with van der Waals surface area (Å²) in [7, 11) is -3.41. The van der Waals surface area contributed by atoms with Crippen LogP contribution < -0.4 is 5.73 Å². The molecule has 38 heavy (non-hydrogen) atoms. The number of piperidine rings is 1. The van der Waals surface area contributed by atoms with Crippen molar-refractivity contribution in [3.63, 3.8) is 0 Å². The van der Waals surface area contributed by atoms with Gasteiger partial charge in [-0.25, -0.2) is 8.42 Å². The number of aromatic hydroxyl groups is 2. The molecule has 1 aromatic carbocycles. The summed E-state index contributed by atoms with van der Waals surface area (Å²) in [6, 6.07) is 3.27. The van der Waals surface area contributed by atoms with Crippen LogP contribution in [0.3, 0.4) is 0 Å². The lowest BCUT2D eigenvalue weighted by atomic mass is 9.83. The molecule has 0 aromatic heterocycles. The molecule has 0 radical (unpaired) electrons. The number of phenols is 2. The van der Waals surface area contributed by atoms with Gasteiger partial charge in [-0.15, -0.1) is 24.8 Å². The van der Waals surface area contributed by atoms with Crippen LogP contribution >= 0.6 is 24.8 Å². The van der Waals surface area contributed by atoms with Crippen molar-refractivity contribution in [1.82, 2.24) is 9.80 Å². The zero-order chi connectivity index (χ0) is 24.7. The average Bonchev–Trinajstić information content (AvgIpc) is 2.97. The van der Waals surface area contributed by atoms with Crippen molar-refractivity contribution in [2.75, 3.05) is 38.6 Å². The second-order valence-electron chi connectivity index (χ2n) is 10.3. The molecule has 0 spiro atoms. The Morgan fingerprint density at radius 1 is 1.08 bits per heavy atom. The number of unbranched alkanes of at least 4 members (excludes halogenated alkanes) is 1. The average molecular weight is 605 g/mol. The van der Waals surface area contributed by atoms with E-state index in [9.17, 15) is 23.4 Å². The number of carbonyl (C=O) groups is 1. The van der Waals surface area contributed by atoms with Gasteiger partial charge in [0.2, 0.25) is 5.91 Å². The fourth-order valence-corrected chi connectivity index (χ4v) is 6.82. The summed E-state index contributed by atoms with van der Waals surface area (Å²) in [6.07, 6.45) is 3.90. The van der Waals surface area contributed by atoms with Crippen LogP contribution in [-0.2, 0) is 25.8 Å². The molecular formula is C24H43Cl2N3O8S. The number of benzene rings is 1. The van der Waals surface area contributed by atoms with Crippen molar-refractivity contribution in [2.45, 2.75) is 62.9 Å². The maximum Gasteiger partial charge on any atom is 0.244 e. The van der Waals surface area contributed by atoms with Gasteiger partial charge in [-0.05, 0) is 76.7 Å². The molecule has 2 saturated heterocycles. The van der Waals surface area contributed by atoms with Crippen LogP contribution in [0.4, 0.5) is 0 Å². The molecule has 1 aromatic rings. The highest BCUT2D eigenvalue weighted by molar-refractivity contribution is 7.94. The Morgan fingerprint density at radius 2 is 1.68 bits per heavy atom. The van der Waals surface area contributed by atoms with E-state index in [1.165, 1.54) is 24.8 Å². The molecule has 2 fully saturated rings. The van der Waals surface area contributed by atoms with Gasteiger partial charge in [0.1, 0.15) is 10.6 Å². The number of nitrogens with two attached hydrogens (primary N) is 1. The third kappa shape index (κ3) is 7.03. The summed E-state index contributed by atoms with van der Waals surface area (Å²) < 4.78 is 29.3.